The van der Waals surface area contributed by atoms with Crippen molar-refractivity contribution in [3.63, 3.8) is 0 Å². The summed E-state index contributed by atoms with van der Waals surface area (Å²) in [5.41, 5.74) is 8.54. The zero-order valence-electron chi connectivity index (χ0n) is 17.5. The number of aromatic nitrogens is 1. The van der Waals surface area contributed by atoms with E-state index >= 15 is 0 Å². The van der Waals surface area contributed by atoms with Crippen LogP contribution in [0.15, 0.2) is 46.9 Å². The Morgan fingerprint density at radius 3 is 2.66 bits per heavy atom. The normalized spacial score (nSPS) is 11.2. The smallest absolute Gasteiger partial charge is 0.203 e. The van der Waals surface area contributed by atoms with E-state index in [1.54, 1.807) is 6.21 Å². The Bertz CT molecular complexity index is 996. The summed E-state index contributed by atoms with van der Waals surface area (Å²) in [6.07, 6.45) is 1.84. The molecular formula is C23H27N3O2S. The average molecular weight is 410 g/mol. The van der Waals surface area contributed by atoms with Crippen molar-refractivity contribution >= 4 is 22.7 Å². The predicted octanol–water partition coefficient (Wildman–Crippen LogP) is 6.06. The zero-order chi connectivity index (χ0) is 20.8. The molecule has 0 atom stereocenters. The number of anilines is 1. The molecule has 2 aromatic carbocycles. The van der Waals surface area contributed by atoms with Crippen LogP contribution in [0.4, 0.5) is 5.13 Å². The van der Waals surface area contributed by atoms with Gasteiger partial charge in [0.1, 0.15) is 0 Å². The first-order chi connectivity index (χ1) is 14.0. The second-order valence-electron chi connectivity index (χ2n) is 7.01. The third kappa shape index (κ3) is 5.57. The van der Waals surface area contributed by atoms with Crippen LogP contribution in [0.3, 0.4) is 0 Å². The van der Waals surface area contributed by atoms with Gasteiger partial charge < -0.3 is 9.47 Å². The summed E-state index contributed by atoms with van der Waals surface area (Å²) < 4.78 is 11.5. The monoisotopic (exact) mass is 409 g/mol. The van der Waals surface area contributed by atoms with E-state index in [4.69, 9.17) is 9.47 Å². The zero-order valence-corrected chi connectivity index (χ0v) is 18.3. The molecule has 0 saturated heterocycles. The van der Waals surface area contributed by atoms with Crippen molar-refractivity contribution < 1.29 is 9.47 Å². The second-order valence-corrected chi connectivity index (χ2v) is 7.87. The van der Waals surface area contributed by atoms with Crippen molar-refractivity contribution in [3.8, 4) is 22.8 Å². The molecule has 0 radical (unpaired) electrons. The van der Waals surface area contributed by atoms with Gasteiger partial charge in [0.2, 0.25) is 5.13 Å². The summed E-state index contributed by atoms with van der Waals surface area (Å²) in [6.45, 7) is 10.7. The topological polar surface area (TPSA) is 55.7 Å². The van der Waals surface area contributed by atoms with E-state index in [1.807, 2.05) is 44.4 Å². The first-order valence-corrected chi connectivity index (χ1v) is 10.6. The molecule has 0 amide bonds. The lowest BCUT2D eigenvalue weighted by Gasteiger charge is -2.14. The van der Waals surface area contributed by atoms with Gasteiger partial charge in [-0.25, -0.2) is 4.98 Å². The fourth-order valence-corrected chi connectivity index (χ4v) is 3.41. The quantitative estimate of drug-likeness (QED) is 0.363. The number of rotatable bonds is 8. The van der Waals surface area contributed by atoms with Crippen LogP contribution in [0.25, 0.3) is 11.3 Å². The van der Waals surface area contributed by atoms with E-state index in [1.165, 1.54) is 22.5 Å². The maximum Gasteiger partial charge on any atom is 0.203 e. The molecule has 3 aromatic rings. The van der Waals surface area contributed by atoms with Gasteiger partial charge in [0, 0.05) is 10.9 Å². The van der Waals surface area contributed by atoms with Crippen LogP contribution in [0.2, 0.25) is 0 Å². The average Bonchev–Trinajstić information content (AvgIpc) is 3.15. The van der Waals surface area contributed by atoms with Gasteiger partial charge in [-0.05, 0) is 75.6 Å². The molecule has 5 nitrogen and oxygen atoms in total. The first-order valence-electron chi connectivity index (χ1n) is 9.72. The van der Waals surface area contributed by atoms with Crippen LogP contribution in [0.5, 0.6) is 11.5 Å². The Hall–Kier alpha value is -2.86. The molecule has 1 heterocycles. The summed E-state index contributed by atoms with van der Waals surface area (Å²) in [6, 6.07) is 12.2. The van der Waals surface area contributed by atoms with Crippen molar-refractivity contribution in [1.29, 1.82) is 0 Å². The van der Waals surface area contributed by atoms with Crippen LogP contribution < -0.4 is 14.9 Å². The number of ether oxygens (including phenoxy) is 2. The number of aryl methyl sites for hydroxylation is 2. The number of thiazole rings is 1. The van der Waals surface area contributed by atoms with Crippen molar-refractivity contribution in [2.24, 2.45) is 5.10 Å². The Kier molecular flexibility index (Phi) is 6.88. The number of nitrogens with one attached hydrogen (secondary N) is 1. The van der Waals surface area contributed by atoms with Gasteiger partial charge in [-0.2, -0.15) is 5.10 Å². The summed E-state index contributed by atoms with van der Waals surface area (Å²) in [4.78, 5) is 4.63. The van der Waals surface area contributed by atoms with E-state index in [2.05, 4.69) is 47.6 Å². The van der Waals surface area contributed by atoms with Crippen molar-refractivity contribution in [3.05, 3.63) is 58.5 Å². The second kappa shape index (κ2) is 9.56. The highest BCUT2D eigenvalue weighted by Gasteiger charge is 2.08. The van der Waals surface area contributed by atoms with E-state index in [0.717, 1.165) is 33.5 Å². The maximum atomic E-state index is 5.79. The molecule has 0 bridgehead atoms. The lowest BCUT2D eigenvalue weighted by atomic mass is 10.1. The molecule has 0 aliphatic heterocycles. The number of hydrogen-bond acceptors (Lipinski definition) is 6. The van der Waals surface area contributed by atoms with Crippen LogP contribution in [-0.4, -0.2) is 23.9 Å². The highest BCUT2D eigenvalue weighted by atomic mass is 32.1. The molecule has 29 heavy (non-hydrogen) atoms. The van der Waals surface area contributed by atoms with Gasteiger partial charge in [-0.1, -0.05) is 12.1 Å². The molecule has 1 N–H and O–H groups in total. The maximum absolute atomic E-state index is 5.79. The Balaban J connectivity index is 1.69. The predicted molar refractivity (Wildman–Crippen MR) is 122 cm³/mol. The third-order valence-electron chi connectivity index (χ3n) is 4.31. The van der Waals surface area contributed by atoms with Crippen LogP contribution in [0, 0.1) is 13.8 Å². The van der Waals surface area contributed by atoms with Crippen LogP contribution in [0.1, 0.15) is 37.5 Å². The molecule has 3 rings (SSSR count). The molecule has 0 fully saturated rings. The van der Waals surface area contributed by atoms with Gasteiger partial charge in [0.05, 0.1) is 24.6 Å². The summed E-state index contributed by atoms with van der Waals surface area (Å²) in [7, 11) is 0. The Morgan fingerprint density at radius 2 is 1.93 bits per heavy atom. The highest BCUT2D eigenvalue weighted by molar-refractivity contribution is 7.14. The fraction of sp³-hybridized carbons (Fsp3) is 0.304. The van der Waals surface area contributed by atoms with Gasteiger partial charge >= 0.3 is 0 Å². The summed E-state index contributed by atoms with van der Waals surface area (Å²) >= 11 is 1.53. The third-order valence-corrected chi connectivity index (χ3v) is 5.06. The molecule has 0 saturated carbocycles. The Labute approximate surface area is 176 Å². The summed E-state index contributed by atoms with van der Waals surface area (Å²) in [5, 5.41) is 7.10. The number of hydrazone groups is 1. The molecule has 1 aromatic heterocycles. The molecule has 0 unspecified atom stereocenters. The van der Waals surface area contributed by atoms with Gasteiger partial charge in [0.25, 0.3) is 0 Å². The van der Waals surface area contributed by atoms with E-state index in [9.17, 15) is 0 Å². The van der Waals surface area contributed by atoms with Gasteiger partial charge in [-0.3, -0.25) is 5.43 Å². The SMILES string of the molecule is CCOc1cc(/C=N\Nc2nc(-c3ccc(C)c(C)c3)cs2)ccc1OC(C)C. The standard InChI is InChI=1S/C23H27N3O2S/c1-6-27-22-12-18(8-10-21(22)28-15(2)3)13-24-26-23-25-20(14-29-23)19-9-7-16(4)17(5)11-19/h7-15H,6H2,1-5H3,(H,25,26)/b24-13-. The van der Waals surface area contributed by atoms with E-state index in [-0.39, 0.29) is 6.10 Å². The minimum atomic E-state index is 0.0896. The minimum Gasteiger partial charge on any atom is -0.490 e. The fourth-order valence-electron chi connectivity index (χ4n) is 2.75. The molecule has 0 aliphatic rings. The van der Waals surface area contributed by atoms with Gasteiger partial charge in [-0.15, -0.1) is 11.3 Å². The van der Waals surface area contributed by atoms with Crippen molar-refractivity contribution in [2.45, 2.75) is 40.7 Å². The van der Waals surface area contributed by atoms with Crippen molar-refractivity contribution in [2.75, 3.05) is 12.0 Å². The summed E-state index contributed by atoms with van der Waals surface area (Å²) in [5.74, 6) is 1.46. The lowest BCUT2D eigenvalue weighted by molar-refractivity contribution is 0.224. The Morgan fingerprint density at radius 1 is 1.10 bits per heavy atom. The number of nitrogens with zero attached hydrogens (tertiary/aromatic N) is 2. The highest BCUT2D eigenvalue weighted by Crippen LogP contribution is 2.29. The van der Waals surface area contributed by atoms with E-state index in [0.29, 0.717) is 6.61 Å². The van der Waals surface area contributed by atoms with Gasteiger partial charge in [0.15, 0.2) is 11.5 Å². The molecule has 6 heteroatoms. The molecule has 152 valence electrons. The minimum absolute atomic E-state index is 0.0896. The van der Waals surface area contributed by atoms with Crippen LogP contribution in [-0.2, 0) is 0 Å². The largest absolute Gasteiger partial charge is 0.490 e. The van der Waals surface area contributed by atoms with Crippen molar-refractivity contribution in [1.82, 2.24) is 4.98 Å². The molecule has 0 aliphatic carbocycles. The lowest BCUT2D eigenvalue weighted by Crippen LogP contribution is -2.07. The van der Waals surface area contributed by atoms with E-state index < -0.39 is 0 Å². The number of hydrogen-bond donors (Lipinski definition) is 1. The van der Waals surface area contributed by atoms with Crippen LogP contribution >= 0.6 is 11.3 Å². The number of benzene rings is 2. The first kappa shape index (κ1) is 20.9. The molecular weight excluding hydrogens is 382 g/mol. The molecule has 0 spiro atoms.